The molecule has 0 aromatic carbocycles. The molecule has 0 heterocycles. The first-order chi connectivity index (χ1) is 0. The van der Waals surface area contributed by atoms with Gasteiger partial charge in [0.2, 0.25) is 0 Å². The maximum atomic E-state index is 0. The smallest absolute Gasteiger partial charge is 0 e. The molecule has 0 aromatic rings. The third-order valence-corrected chi connectivity index (χ3v) is 0. The molecule has 0 atom stereocenters. The minimum absolute atomic E-state index is 0. The van der Waals surface area contributed by atoms with E-state index in [2.05, 4.69) is 0 Å². The minimum Gasteiger partial charge on any atom is -1.00 e. The predicted molar refractivity (Wildman–Crippen MR) is 29.3 cm³/mol. The Balaban J connectivity index is 0. The van der Waals surface area contributed by atoms with Crippen LogP contribution in [0.1, 0.15) is 2.85 Å². The van der Waals surface area contributed by atoms with Gasteiger partial charge in [-0.15, -0.1) is 0 Å². The molecule has 0 spiro atoms. The maximum absolute atomic E-state index is 0. The molecule has 0 N–H and O–H groups in total. The van der Waals surface area contributed by atoms with E-state index in [4.69, 9.17) is 0 Å². The molecular formula is H9CaGaGeLu. The van der Waals surface area contributed by atoms with Crippen molar-refractivity contribution < 1.29 is 39.7 Å². The van der Waals surface area contributed by atoms with Crippen LogP contribution in [0.3, 0.4) is 0 Å². The Kier molecular flexibility index (Phi) is 101. The zero-order valence-corrected chi connectivity index (χ0v) is 4.83. The number of hydrogen-bond acceptors (Lipinski definition) is 0. The fourth-order valence-corrected chi connectivity index (χ4v) is 0. The summed E-state index contributed by atoms with van der Waals surface area (Å²) in [7, 11) is 0. The van der Waals surface area contributed by atoms with Crippen LogP contribution >= 0.6 is 0 Å². The van der Waals surface area contributed by atoms with E-state index in [1.165, 1.54) is 0 Å². The average Bonchev–Trinajstić information content (AvgIpc) is 0. The molecule has 4 heteroatoms. The molecule has 33 valence electrons. The quantitative estimate of drug-likeness (QED) is 0.407. The summed E-state index contributed by atoms with van der Waals surface area (Å²) < 4.78 is 0. The Morgan fingerprint density at radius 3 is 1.25 bits per heavy atom. The van der Waals surface area contributed by atoms with E-state index in [9.17, 15) is 0 Å². The molecule has 0 fully saturated rings. The molecule has 0 nitrogen and oxygen atoms in total. The summed E-state index contributed by atoms with van der Waals surface area (Å²) >= 11 is 0. The Labute approximate surface area is 112 Å². The van der Waals surface area contributed by atoms with Crippen molar-refractivity contribution in [2.24, 2.45) is 0 Å². The molecule has 0 unspecified atom stereocenters. The summed E-state index contributed by atoms with van der Waals surface area (Å²) in [6.45, 7) is 0. The van der Waals surface area contributed by atoms with Gasteiger partial charge in [0.1, 0.15) is 0 Å². The van der Waals surface area contributed by atoms with Crippen LogP contribution in [0.4, 0.5) is 0 Å². The van der Waals surface area contributed by atoms with Crippen molar-refractivity contribution in [3.8, 4) is 0 Å². The van der Waals surface area contributed by atoms with Crippen LogP contribution in [0.2, 0.25) is 0 Å². The molecule has 0 aliphatic carbocycles. The van der Waals surface area contributed by atoms with Gasteiger partial charge in [-0.05, 0) is 0 Å². The molecule has 0 aromatic heterocycles. The van der Waals surface area contributed by atoms with Crippen LogP contribution in [-0.2, 0) is 0 Å². The summed E-state index contributed by atoms with van der Waals surface area (Å²) in [5.41, 5.74) is 0. The molecular weight excluding hydrogens is 357 g/mol. The van der Waals surface area contributed by atoms with Crippen LogP contribution < -0.4 is 0 Å². The second-order valence-corrected chi connectivity index (χ2v) is 0. The summed E-state index contributed by atoms with van der Waals surface area (Å²) in [6.07, 6.45) is 0. The van der Waals surface area contributed by atoms with Gasteiger partial charge in [0, 0.05) is 36.9 Å². The van der Waals surface area contributed by atoms with E-state index in [0.717, 1.165) is 0 Å². The van der Waals surface area contributed by atoms with Gasteiger partial charge >= 0.3 is 75.1 Å². The third-order valence-electron chi connectivity index (χ3n) is 0. The van der Waals surface area contributed by atoms with Crippen molar-refractivity contribution in [2.45, 2.75) is 0 Å². The van der Waals surface area contributed by atoms with Gasteiger partial charge in [-0.2, -0.15) is 0 Å². The second kappa shape index (κ2) is 15.9. The fourth-order valence-electron chi connectivity index (χ4n) is 0. The monoisotopic (exact) mass is 367 g/mol. The van der Waals surface area contributed by atoms with Crippen molar-refractivity contribution in [3.63, 3.8) is 0 Å². The van der Waals surface area contributed by atoms with Gasteiger partial charge in [0.05, 0.1) is 0 Å². The first-order valence-corrected chi connectivity index (χ1v) is 0. The van der Waals surface area contributed by atoms with Gasteiger partial charge in [0.15, 0.2) is 0 Å². The Morgan fingerprint density at radius 1 is 1.25 bits per heavy atom. The summed E-state index contributed by atoms with van der Waals surface area (Å²) in [6, 6.07) is 0. The van der Waals surface area contributed by atoms with Crippen LogP contribution in [0.25, 0.3) is 0 Å². The van der Waals surface area contributed by atoms with Crippen molar-refractivity contribution >= 4 is 75.1 Å². The molecule has 0 aliphatic heterocycles. The van der Waals surface area contributed by atoms with E-state index in [1.54, 1.807) is 0 Å². The maximum Gasteiger partial charge on any atom is 0 e. The van der Waals surface area contributed by atoms with Gasteiger partial charge < -0.3 is 2.85 Å². The van der Waals surface area contributed by atoms with E-state index in [1.807, 2.05) is 0 Å². The molecule has 0 aliphatic rings. The van der Waals surface area contributed by atoms with Crippen LogP contribution in [0.15, 0.2) is 0 Å². The normalized spacial score (nSPS) is 0. The van der Waals surface area contributed by atoms with E-state index >= 15 is 0 Å². The summed E-state index contributed by atoms with van der Waals surface area (Å²) in [5, 5.41) is 0. The first-order valence-electron chi connectivity index (χ1n) is 0. The van der Waals surface area contributed by atoms with Crippen LogP contribution in [0, 0.1) is 36.9 Å². The molecule has 0 saturated carbocycles. The van der Waals surface area contributed by atoms with Crippen LogP contribution in [-0.4, -0.2) is 75.1 Å². The summed E-state index contributed by atoms with van der Waals surface area (Å²) in [4.78, 5) is 0. The molecule has 4 heavy (non-hydrogen) atoms. The predicted octanol–water partition coefficient (Wildman–Crippen LogP) is -2.79. The molecule has 0 saturated heterocycles. The van der Waals surface area contributed by atoms with Crippen LogP contribution in [0.5, 0.6) is 0 Å². The fraction of sp³-hybridized carbons (Fsp3) is 0. The van der Waals surface area contributed by atoms with E-state index in [0.29, 0.717) is 0 Å². The zero-order chi connectivity index (χ0) is 0. The first kappa shape index (κ1) is 25.3. The number of hydrogen-bond donors (Lipinski definition) is 0. The Morgan fingerprint density at radius 2 is 1.25 bits per heavy atom. The molecule has 0 bridgehead atoms. The van der Waals surface area contributed by atoms with Gasteiger partial charge in [-0.25, -0.2) is 0 Å². The van der Waals surface area contributed by atoms with E-state index in [-0.39, 0.29) is 115 Å². The molecule has 0 amide bonds. The molecule has 0 rings (SSSR count). The standard InChI is InChI=1S/Ca.Ga.GeH4.Lu.5H/h;;1H4;;;;;;/q+2;;;;;;;2*-1. The van der Waals surface area contributed by atoms with Gasteiger partial charge in [-0.3, -0.25) is 0 Å². The molecule has 1 radical (unpaired) electrons. The largest absolute Gasteiger partial charge is 1.00 e. The zero-order valence-electron chi connectivity index (χ0n) is 2.97. The SMILES string of the molecule is [Ca+2].[GaH3].[GeH4].[H-].[H-].[Lu]. The van der Waals surface area contributed by atoms with Gasteiger partial charge in [-0.1, -0.05) is 0 Å². The Bertz CT molecular complexity index is 13.5. The van der Waals surface area contributed by atoms with Crippen molar-refractivity contribution in [3.05, 3.63) is 0 Å². The van der Waals surface area contributed by atoms with E-state index < -0.39 is 0 Å². The second-order valence-electron chi connectivity index (χ2n) is 0. The van der Waals surface area contributed by atoms with Crippen molar-refractivity contribution in [2.75, 3.05) is 0 Å². The number of rotatable bonds is 0. The van der Waals surface area contributed by atoms with Crippen molar-refractivity contribution in [1.82, 2.24) is 0 Å². The third kappa shape index (κ3) is 9.18. The Hall–Kier alpha value is 3.67. The van der Waals surface area contributed by atoms with Gasteiger partial charge in [0.25, 0.3) is 0 Å². The topological polar surface area (TPSA) is 0 Å². The summed E-state index contributed by atoms with van der Waals surface area (Å²) in [5.74, 6) is 0. The van der Waals surface area contributed by atoms with Crippen molar-refractivity contribution in [1.29, 1.82) is 0 Å². The minimum atomic E-state index is 0. The average molecular weight is 366 g/mol.